The number of hydrogen-bond acceptors (Lipinski definition) is 3. The first-order valence-corrected chi connectivity index (χ1v) is 5.39. The maximum atomic E-state index is 13.7. The Morgan fingerprint density at radius 2 is 2.06 bits per heavy atom. The number of aryl methyl sites for hydroxylation is 1. The van der Waals surface area contributed by atoms with Crippen molar-refractivity contribution >= 4 is 17.6 Å². The second-order valence-electron chi connectivity index (χ2n) is 3.65. The van der Waals surface area contributed by atoms with Crippen LogP contribution in [0.1, 0.15) is 16.2 Å². The van der Waals surface area contributed by atoms with Crippen molar-refractivity contribution in [3.05, 3.63) is 46.5 Å². The van der Waals surface area contributed by atoms with Crippen LogP contribution < -0.4 is 0 Å². The zero-order valence-corrected chi connectivity index (χ0v) is 10.1. The van der Waals surface area contributed by atoms with Gasteiger partial charge in [-0.05, 0) is 31.2 Å². The van der Waals surface area contributed by atoms with Gasteiger partial charge in [-0.15, -0.1) is 0 Å². The van der Waals surface area contributed by atoms with E-state index in [0.717, 1.165) is 6.07 Å². The van der Waals surface area contributed by atoms with Crippen LogP contribution in [-0.4, -0.2) is 21.0 Å². The highest BCUT2D eigenvalue weighted by molar-refractivity contribution is 6.30. The Labute approximate surface area is 107 Å². The van der Waals surface area contributed by atoms with Crippen molar-refractivity contribution in [3.8, 4) is 11.4 Å². The molecule has 2 rings (SSSR count). The molecule has 0 aliphatic heterocycles. The third kappa shape index (κ3) is 2.46. The molecule has 0 fully saturated rings. The number of hydrogen-bond donors (Lipinski definition) is 1. The molecule has 92 valence electrons. The molecule has 0 aliphatic carbocycles. The van der Waals surface area contributed by atoms with Gasteiger partial charge >= 0.3 is 5.97 Å². The molecule has 1 aromatic heterocycles. The second kappa shape index (κ2) is 4.70. The van der Waals surface area contributed by atoms with E-state index < -0.39 is 11.8 Å². The van der Waals surface area contributed by atoms with Gasteiger partial charge in [-0.1, -0.05) is 11.6 Å². The molecular weight excluding hydrogens is 259 g/mol. The number of halogens is 2. The highest BCUT2D eigenvalue weighted by Crippen LogP contribution is 2.23. The van der Waals surface area contributed by atoms with E-state index in [4.69, 9.17) is 16.7 Å². The normalized spacial score (nSPS) is 10.4. The molecule has 0 spiro atoms. The van der Waals surface area contributed by atoms with E-state index in [0.29, 0.717) is 5.69 Å². The summed E-state index contributed by atoms with van der Waals surface area (Å²) in [5, 5.41) is 9.14. The largest absolute Gasteiger partial charge is 0.477 e. The summed E-state index contributed by atoms with van der Waals surface area (Å²) in [5.41, 5.74) is 0.393. The maximum Gasteiger partial charge on any atom is 0.354 e. The standard InChI is InChI=1S/C12H8ClFN2O2/c1-6-4-10(12(17)18)16-11(15-6)8-3-2-7(13)5-9(8)14/h2-5H,1H3,(H,17,18). The molecule has 0 atom stereocenters. The Balaban J connectivity index is 2.60. The summed E-state index contributed by atoms with van der Waals surface area (Å²) < 4.78 is 13.7. The van der Waals surface area contributed by atoms with Gasteiger partial charge in [0.2, 0.25) is 0 Å². The zero-order chi connectivity index (χ0) is 13.3. The average Bonchev–Trinajstić information content (AvgIpc) is 2.27. The molecule has 0 saturated heterocycles. The number of rotatable bonds is 2. The first-order valence-electron chi connectivity index (χ1n) is 5.02. The molecule has 0 saturated carbocycles. The lowest BCUT2D eigenvalue weighted by molar-refractivity contribution is 0.0690. The maximum absolute atomic E-state index is 13.7. The summed E-state index contributed by atoms with van der Waals surface area (Å²) in [6.07, 6.45) is 0. The molecule has 6 heteroatoms. The van der Waals surface area contributed by atoms with Gasteiger partial charge in [0.05, 0.1) is 5.56 Å². The van der Waals surface area contributed by atoms with Gasteiger partial charge in [-0.3, -0.25) is 0 Å². The number of nitrogens with zero attached hydrogens (tertiary/aromatic N) is 2. The van der Waals surface area contributed by atoms with Crippen molar-refractivity contribution in [2.75, 3.05) is 0 Å². The third-order valence-electron chi connectivity index (χ3n) is 2.25. The van der Waals surface area contributed by atoms with E-state index in [2.05, 4.69) is 9.97 Å². The minimum absolute atomic E-state index is 0.0292. The molecule has 0 bridgehead atoms. The lowest BCUT2D eigenvalue weighted by Crippen LogP contribution is -2.05. The van der Waals surface area contributed by atoms with Gasteiger partial charge in [0.25, 0.3) is 0 Å². The van der Waals surface area contributed by atoms with Gasteiger partial charge in [0.1, 0.15) is 5.82 Å². The summed E-state index contributed by atoms with van der Waals surface area (Å²) in [6.45, 7) is 1.62. The van der Waals surface area contributed by atoms with Gasteiger partial charge < -0.3 is 5.11 Å². The number of carbonyl (C=O) groups is 1. The summed E-state index contributed by atoms with van der Waals surface area (Å²) >= 11 is 5.64. The molecule has 0 unspecified atom stereocenters. The predicted octanol–water partition coefficient (Wildman–Crippen LogP) is 2.94. The Morgan fingerprint density at radius 1 is 1.33 bits per heavy atom. The second-order valence-corrected chi connectivity index (χ2v) is 4.08. The van der Waals surface area contributed by atoms with Crippen molar-refractivity contribution in [1.82, 2.24) is 9.97 Å². The van der Waals surface area contributed by atoms with Crippen molar-refractivity contribution in [3.63, 3.8) is 0 Å². The monoisotopic (exact) mass is 266 g/mol. The fraction of sp³-hybridized carbons (Fsp3) is 0.0833. The van der Waals surface area contributed by atoms with Crippen LogP contribution in [0.5, 0.6) is 0 Å². The Kier molecular flexibility index (Phi) is 3.25. The van der Waals surface area contributed by atoms with E-state index in [1.54, 1.807) is 6.92 Å². The van der Waals surface area contributed by atoms with Crippen molar-refractivity contribution < 1.29 is 14.3 Å². The fourth-order valence-corrected chi connectivity index (χ4v) is 1.63. The molecule has 1 heterocycles. The van der Waals surface area contributed by atoms with Crippen LogP contribution in [-0.2, 0) is 0 Å². The summed E-state index contributed by atoms with van der Waals surface area (Å²) in [5.74, 6) is -1.75. The molecule has 0 aliphatic rings. The van der Waals surface area contributed by atoms with E-state index in [1.807, 2.05) is 0 Å². The molecule has 1 aromatic carbocycles. The summed E-state index contributed by atoms with van der Waals surface area (Å²) in [6, 6.07) is 5.35. The average molecular weight is 267 g/mol. The smallest absolute Gasteiger partial charge is 0.354 e. The van der Waals surface area contributed by atoms with Crippen LogP contribution in [0.25, 0.3) is 11.4 Å². The molecule has 0 amide bonds. The van der Waals surface area contributed by atoms with Crippen molar-refractivity contribution in [1.29, 1.82) is 0 Å². The van der Waals surface area contributed by atoms with E-state index in [9.17, 15) is 9.18 Å². The van der Waals surface area contributed by atoms with E-state index >= 15 is 0 Å². The summed E-state index contributed by atoms with van der Waals surface area (Å²) in [4.78, 5) is 18.7. The van der Waals surface area contributed by atoms with Crippen molar-refractivity contribution in [2.45, 2.75) is 6.92 Å². The molecule has 1 N–H and O–H groups in total. The van der Waals surface area contributed by atoms with Crippen LogP contribution in [0.2, 0.25) is 5.02 Å². The predicted molar refractivity (Wildman–Crippen MR) is 64.1 cm³/mol. The van der Waals surface area contributed by atoms with Gasteiger partial charge in [-0.2, -0.15) is 0 Å². The van der Waals surface area contributed by atoms with E-state index in [1.165, 1.54) is 18.2 Å². The Bertz CT molecular complexity index is 631. The van der Waals surface area contributed by atoms with Crippen LogP contribution in [0, 0.1) is 12.7 Å². The third-order valence-corrected chi connectivity index (χ3v) is 2.48. The lowest BCUT2D eigenvalue weighted by atomic mass is 10.2. The zero-order valence-electron chi connectivity index (χ0n) is 9.32. The minimum atomic E-state index is -1.18. The van der Waals surface area contributed by atoms with Gasteiger partial charge in [0, 0.05) is 10.7 Å². The number of aromatic nitrogens is 2. The van der Waals surface area contributed by atoms with Crippen LogP contribution in [0.15, 0.2) is 24.3 Å². The first kappa shape index (κ1) is 12.4. The van der Waals surface area contributed by atoms with Crippen LogP contribution in [0.4, 0.5) is 4.39 Å². The van der Waals surface area contributed by atoms with Crippen molar-refractivity contribution in [2.24, 2.45) is 0 Å². The SMILES string of the molecule is Cc1cc(C(=O)O)nc(-c2ccc(Cl)cc2F)n1. The van der Waals surface area contributed by atoms with Gasteiger partial charge in [0.15, 0.2) is 11.5 Å². The first-order chi connectivity index (χ1) is 8.47. The number of benzene rings is 1. The summed E-state index contributed by atoms with van der Waals surface area (Å²) in [7, 11) is 0. The lowest BCUT2D eigenvalue weighted by Gasteiger charge is -2.05. The number of aromatic carboxylic acids is 1. The Morgan fingerprint density at radius 3 is 2.67 bits per heavy atom. The molecule has 0 radical (unpaired) electrons. The molecule has 2 aromatic rings. The van der Waals surface area contributed by atoms with Crippen LogP contribution in [0.3, 0.4) is 0 Å². The highest BCUT2D eigenvalue weighted by Gasteiger charge is 2.13. The molecule has 4 nitrogen and oxygen atoms in total. The topological polar surface area (TPSA) is 63.1 Å². The van der Waals surface area contributed by atoms with Crippen LogP contribution >= 0.6 is 11.6 Å². The molecular formula is C12H8ClFN2O2. The number of carboxylic acids is 1. The van der Waals surface area contributed by atoms with E-state index in [-0.39, 0.29) is 22.1 Å². The van der Waals surface area contributed by atoms with Gasteiger partial charge in [-0.25, -0.2) is 19.2 Å². The quantitative estimate of drug-likeness (QED) is 0.908. The highest BCUT2D eigenvalue weighted by atomic mass is 35.5. The number of carboxylic acid groups (broad SMARTS) is 1. The molecule has 18 heavy (non-hydrogen) atoms. The minimum Gasteiger partial charge on any atom is -0.477 e. The Hall–Kier alpha value is -2.01. The fourth-order valence-electron chi connectivity index (χ4n) is 1.47.